The Kier molecular flexibility index (Phi) is 3.01. The van der Waals surface area contributed by atoms with Crippen LogP contribution in [0.25, 0.3) is 11.3 Å². The lowest BCUT2D eigenvalue weighted by molar-refractivity contribution is 0.0598. The molecule has 18 heavy (non-hydrogen) atoms. The zero-order valence-corrected chi connectivity index (χ0v) is 9.33. The average Bonchev–Trinajstić information content (AvgIpc) is 2.70. The van der Waals surface area contributed by atoms with E-state index in [2.05, 4.69) is 9.72 Å². The van der Waals surface area contributed by atoms with Crippen LogP contribution in [0.4, 0.5) is 8.78 Å². The normalized spacial score (nSPS) is 10.4. The first-order valence-corrected chi connectivity index (χ1v) is 4.98. The van der Waals surface area contributed by atoms with Crippen LogP contribution in [0.2, 0.25) is 0 Å². The summed E-state index contributed by atoms with van der Waals surface area (Å²) in [6.07, 6.45) is 1.19. The summed E-state index contributed by atoms with van der Waals surface area (Å²) < 4.78 is 30.7. The number of halogens is 2. The van der Waals surface area contributed by atoms with E-state index >= 15 is 0 Å². The molecular formula is C12H9F2NO3. The number of carbonyl (C=O) groups is 1. The molecule has 0 radical (unpaired) electrons. The molecule has 1 aromatic heterocycles. The van der Waals surface area contributed by atoms with E-state index in [-0.39, 0.29) is 16.8 Å². The smallest absolute Gasteiger partial charge is 0.343 e. The molecule has 1 aromatic carbocycles. The van der Waals surface area contributed by atoms with Gasteiger partial charge in [-0.25, -0.2) is 13.6 Å². The minimum absolute atomic E-state index is 0.00657. The number of methoxy groups -OCH3 is 1. The van der Waals surface area contributed by atoms with Crippen molar-refractivity contribution >= 4 is 5.97 Å². The number of esters is 1. The van der Waals surface area contributed by atoms with Crippen LogP contribution in [0, 0.1) is 11.6 Å². The van der Waals surface area contributed by atoms with E-state index in [1.807, 2.05) is 0 Å². The zero-order valence-electron chi connectivity index (χ0n) is 9.33. The quantitative estimate of drug-likeness (QED) is 0.808. The van der Waals surface area contributed by atoms with Crippen molar-refractivity contribution in [2.45, 2.75) is 0 Å². The molecule has 0 saturated carbocycles. The van der Waals surface area contributed by atoms with Crippen molar-refractivity contribution in [2.75, 3.05) is 7.11 Å². The molecule has 1 heterocycles. The predicted molar refractivity (Wildman–Crippen MR) is 59.1 cm³/mol. The third-order valence-corrected chi connectivity index (χ3v) is 2.46. The SMILES string of the molecule is COC(=O)c1c[nH]c(-c2ccc(F)cc2F)c1O. The van der Waals surface area contributed by atoms with Crippen molar-refractivity contribution in [1.29, 1.82) is 0 Å². The van der Waals surface area contributed by atoms with Gasteiger partial charge in [0.15, 0.2) is 5.75 Å². The maximum Gasteiger partial charge on any atom is 0.343 e. The van der Waals surface area contributed by atoms with Crippen LogP contribution in [-0.4, -0.2) is 23.2 Å². The van der Waals surface area contributed by atoms with Gasteiger partial charge in [0.05, 0.1) is 12.8 Å². The van der Waals surface area contributed by atoms with Crippen molar-refractivity contribution < 1.29 is 23.4 Å². The molecule has 2 rings (SSSR count). The van der Waals surface area contributed by atoms with Gasteiger partial charge in [-0.15, -0.1) is 0 Å². The van der Waals surface area contributed by atoms with Gasteiger partial charge in [-0.05, 0) is 12.1 Å². The Morgan fingerprint density at radius 2 is 2.11 bits per heavy atom. The standard InChI is InChI=1S/C12H9F2NO3/c1-18-12(17)8-5-15-10(11(8)16)7-3-2-6(13)4-9(7)14/h2-5,15-16H,1H3. The van der Waals surface area contributed by atoms with Crippen molar-refractivity contribution in [3.8, 4) is 17.0 Å². The van der Waals surface area contributed by atoms with Crippen LogP contribution in [0.1, 0.15) is 10.4 Å². The Labute approximate surface area is 101 Å². The fourth-order valence-corrected chi connectivity index (χ4v) is 1.58. The molecule has 0 amide bonds. The summed E-state index contributed by atoms with van der Waals surface area (Å²) in [4.78, 5) is 13.8. The lowest BCUT2D eigenvalue weighted by Gasteiger charge is -2.02. The van der Waals surface area contributed by atoms with Gasteiger partial charge < -0.3 is 14.8 Å². The van der Waals surface area contributed by atoms with Crippen LogP contribution in [-0.2, 0) is 4.74 Å². The Morgan fingerprint density at radius 3 is 2.72 bits per heavy atom. The minimum Gasteiger partial charge on any atom is -0.505 e. The van der Waals surface area contributed by atoms with Crippen molar-refractivity contribution in [3.63, 3.8) is 0 Å². The van der Waals surface area contributed by atoms with Crippen LogP contribution in [0.15, 0.2) is 24.4 Å². The first-order valence-electron chi connectivity index (χ1n) is 4.98. The summed E-state index contributed by atoms with van der Waals surface area (Å²) >= 11 is 0. The van der Waals surface area contributed by atoms with E-state index in [1.165, 1.54) is 6.20 Å². The lowest BCUT2D eigenvalue weighted by atomic mass is 10.1. The molecule has 0 aliphatic rings. The van der Waals surface area contributed by atoms with E-state index in [0.29, 0.717) is 6.07 Å². The highest BCUT2D eigenvalue weighted by Crippen LogP contribution is 2.33. The second-order valence-corrected chi connectivity index (χ2v) is 3.54. The number of aromatic amines is 1. The van der Waals surface area contributed by atoms with Gasteiger partial charge in [0, 0.05) is 17.8 Å². The van der Waals surface area contributed by atoms with E-state index in [4.69, 9.17) is 0 Å². The number of ether oxygens (including phenoxy) is 1. The largest absolute Gasteiger partial charge is 0.505 e. The molecular weight excluding hydrogens is 244 g/mol. The molecule has 0 fully saturated rings. The van der Waals surface area contributed by atoms with Crippen LogP contribution in [0.5, 0.6) is 5.75 Å². The monoisotopic (exact) mass is 253 g/mol. The van der Waals surface area contributed by atoms with Crippen LogP contribution >= 0.6 is 0 Å². The summed E-state index contributed by atoms with van der Waals surface area (Å²) in [6, 6.07) is 2.90. The van der Waals surface area contributed by atoms with Gasteiger partial charge in [0.1, 0.15) is 17.2 Å². The Hall–Kier alpha value is -2.37. The third kappa shape index (κ3) is 1.92. The molecule has 4 nitrogen and oxygen atoms in total. The highest BCUT2D eigenvalue weighted by molar-refractivity contribution is 5.95. The Balaban J connectivity index is 2.52. The van der Waals surface area contributed by atoms with E-state index in [9.17, 15) is 18.7 Å². The van der Waals surface area contributed by atoms with Gasteiger partial charge in [-0.3, -0.25) is 0 Å². The van der Waals surface area contributed by atoms with Crippen molar-refractivity contribution in [3.05, 3.63) is 41.6 Å². The second-order valence-electron chi connectivity index (χ2n) is 3.54. The second kappa shape index (κ2) is 4.48. The summed E-state index contributed by atoms with van der Waals surface area (Å²) in [7, 11) is 1.16. The molecule has 0 aliphatic carbocycles. The summed E-state index contributed by atoms with van der Waals surface area (Å²) in [5.41, 5.74) is -0.159. The number of nitrogens with one attached hydrogen (secondary N) is 1. The maximum atomic E-state index is 13.5. The van der Waals surface area contributed by atoms with Crippen LogP contribution in [0.3, 0.4) is 0 Å². The topological polar surface area (TPSA) is 62.3 Å². The summed E-state index contributed by atoms with van der Waals surface area (Å²) in [5, 5.41) is 9.79. The van der Waals surface area contributed by atoms with Gasteiger partial charge >= 0.3 is 5.97 Å². The van der Waals surface area contributed by atoms with Gasteiger partial charge in [0.25, 0.3) is 0 Å². The minimum atomic E-state index is -0.844. The van der Waals surface area contributed by atoms with Crippen molar-refractivity contribution in [2.24, 2.45) is 0 Å². The maximum absolute atomic E-state index is 13.5. The number of aromatic nitrogens is 1. The number of benzene rings is 1. The molecule has 6 heteroatoms. The van der Waals surface area contributed by atoms with Crippen LogP contribution < -0.4 is 0 Å². The molecule has 2 N–H and O–H groups in total. The van der Waals surface area contributed by atoms with E-state index in [0.717, 1.165) is 19.2 Å². The van der Waals surface area contributed by atoms with E-state index in [1.54, 1.807) is 0 Å². The van der Waals surface area contributed by atoms with Gasteiger partial charge in [-0.1, -0.05) is 0 Å². The molecule has 0 atom stereocenters. The van der Waals surface area contributed by atoms with Crippen molar-refractivity contribution in [1.82, 2.24) is 4.98 Å². The summed E-state index contributed by atoms with van der Waals surface area (Å²) in [6.45, 7) is 0. The Bertz CT molecular complexity index is 607. The third-order valence-electron chi connectivity index (χ3n) is 2.46. The first-order chi connectivity index (χ1) is 8.54. The number of H-pyrrole nitrogens is 1. The fourth-order valence-electron chi connectivity index (χ4n) is 1.58. The van der Waals surface area contributed by atoms with Gasteiger partial charge in [-0.2, -0.15) is 0 Å². The molecule has 0 spiro atoms. The first kappa shape index (κ1) is 12.1. The molecule has 0 aliphatic heterocycles. The Morgan fingerprint density at radius 1 is 1.39 bits per heavy atom. The van der Waals surface area contributed by atoms with Gasteiger partial charge in [0.2, 0.25) is 0 Å². The molecule has 0 saturated heterocycles. The number of hydrogen-bond acceptors (Lipinski definition) is 3. The molecule has 2 aromatic rings. The van der Waals surface area contributed by atoms with E-state index < -0.39 is 23.4 Å². The highest BCUT2D eigenvalue weighted by atomic mass is 19.1. The number of aromatic hydroxyl groups is 1. The fraction of sp³-hybridized carbons (Fsp3) is 0.0833. The molecule has 94 valence electrons. The summed E-state index contributed by atoms with van der Waals surface area (Å²) in [5.74, 6) is -2.76. The average molecular weight is 253 g/mol. The zero-order chi connectivity index (χ0) is 13.3. The number of carbonyl (C=O) groups excluding carboxylic acids is 1. The molecule has 0 bridgehead atoms. The number of hydrogen-bond donors (Lipinski definition) is 2. The predicted octanol–water partition coefficient (Wildman–Crippen LogP) is 2.45. The number of rotatable bonds is 2. The molecule has 0 unspecified atom stereocenters. The lowest BCUT2D eigenvalue weighted by Crippen LogP contribution is -1.99. The highest BCUT2D eigenvalue weighted by Gasteiger charge is 2.20.